The van der Waals surface area contributed by atoms with Gasteiger partial charge in [-0.25, -0.2) is 9.76 Å². The molecule has 2 aliphatic carbocycles. The number of carbonyl (C=O) groups excluding carboxylic acids is 3. The second kappa shape index (κ2) is 12.1. The molecule has 4 aliphatic rings. The van der Waals surface area contributed by atoms with E-state index in [0.29, 0.717) is 0 Å². The van der Waals surface area contributed by atoms with Crippen molar-refractivity contribution in [2.75, 3.05) is 24.8 Å². The van der Waals surface area contributed by atoms with Crippen molar-refractivity contribution < 1.29 is 53.4 Å². The second-order valence-electron chi connectivity index (χ2n) is 12.0. The minimum Gasteiger partial charge on any atom is -0.507 e. The molecule has 5 N–H and O–H groups in total. The molecule has 2 saturated heterocycles. The normalized spacial score (nSPS) is 31.7. The van der Waals surface area contributed by atoms with Crippen molar-refractivity contribution in [2.24, 2.45) is 0 Å². The molecule has 0 spiro atoms. The van der Waals surface area contributed by atoms with Gasteiger partial charge in [0.2, 0.25) is 5.78 Å². The summed E-state index contributed by atoms with van der Waals surface area (Å²) in [5.41, 5.74) is -3.83. The van der Waals surface area contributed by atoms with Gasteiger partial charge in [0.25, 0.3) is 0 Å². The average Bonchev–Trinajstić information content (AvgIpc) is 3.35. The van der Waals surface area contributed by atoms with Gasteiger partial charge >= 0.3 is 7.67 Å². The molecule has 0 unspecified atom stereocenters. The molecule has 6 rings (SSSR count). The van der Waals surface area contributed by atoms with E-state index in [9.17, 15) is 39.4 Å². The molecular formula is C30H33Cl2N2O11P. The first-order valence-corrected chi connectivity index (χ1v) is 17.4. The van der Waals surface area contributed by atoms with Crippen LogP contribution in [0.5, 0.6) is 17.2 Å². The van der Waals surface area contributed by atoms with E-state index in [1.165, 1.54) is 25.1 Å². The van der Waals surface area contributed by atoms with Crippen LogP contribution in [0.4, 0.5) is 0 Å². The monoisotopic (exact) mass is 698 g/mol. The van der Waals surface area contributed by atoms with E-state index in [0.717, 1.165) is 0 Å². The van der Waals surface area contributed by atoms with Crippen LogP contribution in [-0.4, -0.2) is 97.4 Å². The second-order valence-corrected chi connectivity index (χ2v) is 14.8. The van der Waals surface area contributed by atoms with Crippen molar-refractivity contribution in [3.8, 4) is 17.2 Å². The molecular weight excluding hydrogens is 666 g/mol. The van der Waals surface area contributed by atoms with Crippen LogP contribution in [0.25, 0.3) is 0 Å². The van der Waals surface area contributed by atoms with Crippen molar-refractivity contribution in [3.05, 3.63) is 51.6 Å². The van der Waals surface area contributed by atoms with Gasteiger partial charge < -0.3 is 29.9 Å². The molecule has 248 valence electrons. The zero-order valence-electron chi connectivity index (χ0n) is 24.9. The zero-order chi connectivity index (χ0) is 33.3. The van der Waals surface area contributed by atoms with Crippen LogP contribution in [0.3, 0.4) is 0 Å². The standard InChI is InChI=1S/C30H33Cl2N2O11P/c1-13-29-17(33-46(42,45-29)34(8-6-31)9-7-32)10-20(43-13)44-19-12-30(41,14(2)35)11-16-22(19)28(40)24-23(26(16)38)25(37)15-4-3-5-18(36)21(15)27(24)39/h3-5,13,17,19-20,29,36,38,40-41H,6-12H2,1-2H3,(H,33,42)/t13-,17-,19-,20-,29+,30-,46-/m0/s1. The van der Waals surface area contributed by atoms with Gasteiger partial charge in [-0.3, -0.25) is 23.5 Å². The average molecular weight is 699 g/mol. The third-order valence-electron chi connectivity index (χ3n) is 9.17. The quantitative estimate of drug-likeness (QED) is 0.131. The van der Waals surface area contributed by atoms with E-state index in [2.05, 4.69) is 5.09 Å². The number of carbonyl (C=O) groups is 3. The molecule has 2 fully saturated rings. The number of hydrogen-bond acceptors (Lipinski definition) is 11. The highest BCUT2D eigenvalue weighted by atomic mass is 35.5. The van der Waals surface area contributed by atoms with Gasteiger partial charge in [0, 0.05) is 60.8 Å². The van der Waals surface area contributed by atoms with E-state index >= 15 is 0 Å². The van der Waals surface area contributed by atoms with Crippen LogP contribution in [0.15, 0.2) is 18.2 Å². The van der Waals surface area contributed by atoms with Crippen LogP contribution in [-0.2, 0) is 29.8 Å². The number of fused-ring (bicyclic) bond motifs is 4. The molecule has 2 aromatic rings. The lowest BCUT2D eigenvalue weighted by molar-refractivity contribution is -0.241. The lowest BCUT2D eigenvalue weighted by Crippen LogP contribution is -2.50. The molecule has 0 amide bonds. The number of aromatic hydroxyl groups is 3. The number of hydrogen-bond donors (Lipinski definition) is 5. The highest BCUT2D eigenvalue weighted by Gasteiger charge is 2.54. The lowest BCUT2D eigenvalue weighted by atomic mass is 9.72. The number of rotatable bonds is 8. The SMILES string of the molecule is CC(=O)[C@]1(O)Cc2c(O)c3c(c(O)c2[C@@H](O[C@H]2C[C@@H]4N[P@@](=O)(N(CCCl)CCCl)O[C@@H]4[C@H](C)O2)C1)C(=O)c1c(O)cccc1C3=O. The maximum Gasteiger partial charge on any atom is 0.344 e. The summed E-state index contributed by atoms with van der Waals surface area (Å²) in [4.78, 5) is 39.8. The molecule has 7 atom stereocenters. The Hall–Kier alpha value is -2.58. The number of alkyl halides is 2. The minimum absolute atomic E-state index is 0.0925. The van der Waals surface area contributed by atoms with E-state index in [1.807, 2.05) is 0 Å². The number of Topliss-reactive ketones (excluding diaryl/α,β-unsaturated/α-hetero) is 1. The number of ketones is 3. The third-order valence-corrected chi connectivity index (χ3v) is 11.8. The van der Waals surface area contributed by atoms with Crippen molar-refractivity contribution in [1.29, 1.82) is 0 Å². The van der Waals surface area contributed by atoms with Crippen LogP contribution in [0.2, 0.25) is 0 Å². The van der Waals surface area contributed by atoms with Gasteiger partial charge in [0.15, 0.2) is 17.9 Å². The summed E-state index contributed by atoms with van der Waals surface area (Å²) in [6.45, 7) is 3.38. The van der Waals surface area contributed by atoms with Gasteiger partial charge in [-0.05, 0) is 19.9 Å². The Balaban J connectivity index is 1.37. The van der Waals surface area contributed by atoms with Crippen LogP contribution < -0.4 is 5.09 Å². The summed E-state index contributed by atoms with van der Waals surface area (Å²) in [6.07, 6.45) is -4.41. The molecule has 16 heteroatoms. The summed E-state index contributed by atoms with van der Waals surface area (Å²) in [5.74, 6) is -3.83. The fraction of sp³-hybridized carbons (Fsp3) is 0.500. The van der Waals surface area contributed by atoms with Gasteiger partial charge in [0.05, 0.1) is 34.9 Å². The van der Waals surface area contributed by atoms with Crippen LogP contribution in [0.1, 0.15) is 75.8 Å². The molecule has 0 bridgehead atoms. The Morgan fingerprint density at radius 1 is 1.11 bits per heavy atom. The van der Waals surface area contributed by atoms with Gasteiger partial charge in [0.1, 0.15) is 29.0 Å². The molecule has 2 aliphatic heterocycles. The first-order valence-electron chi connectivity index (χ1n) is 14.7. The fourth-order valence-corrected chi connectivity index (χ4v) is 9.91. The minimum atomic E-state index is -3.55. The Kier molecular flexibility index (Phi) is 8.80. The summed E-state index contributed by atoms with van der Waals surface area (Å²) >= 11 is 11.8. The van der Waals surface area contributed by atoms with Crippen LogP contribution in [0, 0.1) is 0 Å². The van der Waals surface area contributed by atoms with Gasteiger partial charge in [-0.15, -0.1) is 23.2 Å². The number of nitrogens with zero attached hydrogens (tertiary/aromatic N) is 1. The smallest absolute Gasteiger partial charge is 0.344 e. The predicted octanol–water partition coefficient (Wildman–Crippen LogP) is 3.28. The van der Waals surface area contributed by atoms with Crippen LogP contribution >= 0.6 is 30.9 Å². The molecule has 46 heavy (non-hydrogen) atoms. The number of phenolic OH excluding ortho intramolecular Hbond substituents is 3. The first-order chi connectivity index (χ1) is 21.7. The molecule has 0 saturated carbocycles. The maximum atomic E-state index is 13.8. The predicted molar refractivity (Wildman–Crippen MR) is 164 cm³/mol. The molecule has 13 nitrogen and oxygen atoms in total. The Morgan fingerprint density at radius 2 is 1.78 bits per heavy atom. The highest BCUT2D eigenvalue weighted by Crippen LogP contribution is 2.57. The van der Waals surface area contributed by atoms with Crippen molar-refractivity contribution in [3.63, 3.8) is 0 Å². The molecule has 0 aromatic heterocycles. The number of aliphatic hydroxyl groups is 1. The van der Waals surface area contributed by atoms with E-state index in [-0.39, 0.29) is 59.9 Å². The maximum absolute atomic E-state index is 13.8. The van der Waals surface area contributed by atoms with E-state index in [1.54, 1.807) is 11.6 Å². The van der Waals surface area contributed by atoms with Gasteiger partial charge in [-0.2, -0.15) is 0 Å². The molecule has 2 aromatic carbocycles. The van der Waals surface area contributed by atoms with Crippen molar-refractivity contribution in [2.45, 2.75) is 69.4 Å². The number of ether oxygens (including phenoxy) is 2. The van der Waals surface area contributed by atoms with E-state index in [4.69, 9.17) is 37.2 Å². The number of phenols is 3. The summed E-state index contributed by atoms with van der Waals surface area (Å²) in [6, 6.07) is 3.38. The van der Waals surface area contributed by atoms with Crippen molar-refractivity contribution >= 4 is 48.2 Å². The Labute approximate surface area is 273 Å². The molecule has 2 heterocycles. The molecule has 0 radical (unpaired) electrons. The summed E-state index contributed by atoms with van der Waals surface area (Å²) in [5, 5.41) is 47.9. The Morgan fingerprint density at radius 3 is 2.43 bits per heavy atom. The highest BCUT2D eigenvalue weighted by molar-refractivity contribution is 7.54. The third kappa shape index (κ3) is 5.26. The number of nitrogens with one attached hydrogen (secondary N) is 1. The Bertz CT molecular complexity index is 1680. The fourth-order valence-electron chi connectivity index (χ4n) is 6.87. The summed E-state index contributed by atoms with van der Waals surface area (Å²) < 4.78 is 33.7. The van der Waals surface area contributed by atoms with Gasteiger partial charge in [-0.1, -0.05) is 12.1 Å². The van der Waals surface area contributed by atoms with Crippen molar-refractivity contribution in [1.82, 2.24) is 9.76 Å². The first kappa shape index (κ1) is 33.3. The summed E-state index contributed by atoms with van der Waals surface area (Å²) in [7, 11) is -3.55. The topological polar surface area (TPSA) is 192 Å². The zero-order valence-corrected chi connectivity index (χ0v) is 27.3. The lowest BCUT2D eigenvalue weighted by Gasteiger charge is -2.41. The number of benzene rings is 2. The van der Waals surface area contributed by atoms with E-state index < -0.39 is 96.1 Å². The largest absolute Gasteiger partial charge is 0.507 e. The number of halogens is 2.